The molecule has 106 valence electrons. The van der Waals surface area contributed by atoms with E-state index in [-0.39, 0.29) is 17.0 Å². The maximum Gasteiger partial charge on any atom is 0.336 e. The molecular formula is C11H9IN2O4S2. The Morgan fingerprint density at radius 2 is 2.20 bits per heavy atom. The summed E-state index contributed by atoms with van der Waals surface area (Å²) >= 11 is 3.18. The Kier molecular flexibility index (Phi) is 4.73. The average Bonchev–Trinajstić information content (AvgIpc) is 2.89. The third-order valence-corrected chi connectivity index (χ3v) is 5.49. The van der Waals surface area contributed by atoms with E-state index in [1.165, 1.54) is 23.5 Å². The lowest BCUT2D eigenvalue weighted by molar-refractivity contribution is 0.0695. The topological polar surface area (TPSA) is 96.4 Å². The highest BCUT2D eigenvalue weighted by atomic mass is 127. The average molecular weight is 424 g/mol. The van der Waals surface area contributed by atoms with E-state index in [1.807, 2.05) is 22.6 Å². The van der Waals surface area contributed by atoms with Crippen LogP contribution in [0.1, 0.15) is 15.4 Å². The number of carboxylic acid groups (broad SMARTS) is 1. The summed E-state index contributed by atoms with van der Waals surface area (Å²) < 4.78 is 27.0. The second kappa shape index (κ2) is 6.16. The zero-order valence-corrected chi connectivity index (χ0v) is 13.7. The zero-order valence-electron chi connectivity index (χ0n) is 9.91. The van der Waals surface area contributed by atoms with Crippen molar-refractivity contribution in [1.29, 1.82) is 0 Å². The van der Waals surface area contributed by atoms with Gasteiger partial charge in [0.2, 0.25) is 10.0 Å². The van der Waals surface area contributed by atoms with Crippen LogP contribution in [-0.2, 0) is 16.6 Å². The van der Waals surface area contributed by atoms with Crippen LogP contribution in [0.2, 0.25) is 0 Å². The van der Waals surface area contributed by atoms with E-state index in [9.17, 15) is 13.2 Å². The van der Waals surface area contributed by atoms with Gasteiger partial charge in [-0.25, -0.2) is 22.9 Å². The summed E-state index contributed by atoms with van der Waals surface area (Å²) in [6.07, 6.45) is 1.59. The normalized spacial score (nSPS) is 11.4. The number of thiazole rings is 1. The summed E-state index contributed by atoms with van der Waals surface area (Å²) in [7, 11) is -3.76. The van der Waals surface area contributed by atoms with Gasteiger partial charge in [-0.2, -0.15) is 0 Å². The first-order chi connectivity index (χ1) is 9.40. The molecule has 0 aliphatic carbocycles. The van der Waals surface area contributed by atoms with Crippen molar-refractivity contribution in [2.45, 2.75) is 11.4 Å². The minimum Gasteiger partial charge on any atom is -0.478 e. The fourth-order valence-electron chi connectivity index (χ4n) is 1.42. The van der Waals surface area contributed by atoms with Gasteiger partial charge in [0.25, 0.3) is 0 Å². The van der Waals surface area contributed by atoms with Crippen molar-refractivity contribution in [2.24, 2.45) is 0 Å². The molecule has 0 atom stereocenters. The van der Waals surface area contributed by atoms with Gasteiger partial charge in [0, 0.05) is 15.1 Å². The largest absolute Gasteiger partial charge is 0.478 e. The lowest BCUT2D eigenvalue weighted by Gasteiger charge is -2.07. The third-order valence-electron chi connectivity index (χ3n) is 2.38. The second-order valence-electron chi connectivity index (χ2n) is 3.70. The maximum absolute atomic E-state index is 12.1. The highest BCUT2D eigenvalue weighted by molar-refractivity contribution is 14.1. The van der Waals surface area contributed by atoms with Crippen LogP contribution < -0.4 is 4.72 Å². The number of halogens is 1. The summed E-state index contributed by atoms with van der Waals surface area (Å²) in [6, 6.07) is 3.98. The molecular weight excluding hydrogens is 415 g/mol. The molecule has 0 spiro atoms. The van der Waals surface area contributed by atoms with Gasteiger partial charge in [-0.1, -0.05) is 0 Å². The molecule has 0 radical (unpaired) electrons. The Labute approximate surface area is 133 Å². The first-order valence-electron chi connectivity index (χ1n) is 5.31. The van der Waals surface area contributed by atoms with Crippen molar-refractivity contribution in [3.63, 3.8) is 0 Å². The van der Waals surface area contributed by atoms with E-state index in [0.717, 1.165) is 6.07 Å². The molecule has 20 heavy (non-hydrogen) atoms. The van der Waals surface area contributed by atoms with Crippen LogP contribution in [0.3, 0.4) is 0 Å². The quantitative estimate of drug-likeness (QED) is 0.716. The van der Waals surface area contributed by atoms with E-state index < -0.39 is 16.0 Å². The first-order valence-corrected chi connectivity index (χ1v) is 8.75. The highest BCUT2D eigenvalue weighted by Crippen LogP contribution is 2.18. The molecule has 2 rings (SSSR count). The number of sulfonamides is 1. The number of aromatic carboxylic acids is 1. The van der Waals surface area contributed by atoms with Gasteiger partial charge in [-0.05, 0) is 40.8 Å². The molecule has 0 saturated carbocycles. The summed E-state index contributed by atoms with van der Waals surface area (Å²) in [5.41, 5.74) is -0.0391. The van der Waals surface area contributed by atoms with Crippen LogP contribution in [0, 0.1) is 3.57 Å². The maximum atomic E-state index is 12.1. The van der Waals surface area contributed by atoms with Gasteiger partial charge in [0.1, 0.15) is 5.01 Å². The van der Waals surface area contributed by atoms with Crippen LogP contribution >= 0.6 is 33.9 Å². The molecule has 0 bridgehead atoms. The minimum absolute atomic E-state index is 0.0391. The lowest BCUT2D eigenvalue weighted by atomic mass is 10.2. The van der Waals surface area contributed by atoms with Gasteiger partial charge in [-0.3, -0.25) is 0 Å². The molecule has 2 N–H and O–H groups in total. The first kappa shape index (κ1) is 15.4. The SMILES string of the molecule is O=C(O)c1cc(S(=O)(=O)NCc2nccs2)ccc1I. The summed E-state index contributed by atoms with van der Waals surface area (Å²) in [6.45, 7) is 0.0778. The number of nitrogens with zero attached hydrogens (tertiary/aromatic N) is 1. The Hall–Kier alpha value is -1.04. The Balaban J connectivity index is 2.25. The molecule has 0 amide bonds. The molecule has 0 fully saturated rings. The highest BCUT2D eigenvalue weighted by Gasteiger charge is 2.18. The second-order valence-corrected chi connectivity index (χ2v) is 7.61. The van der Waals surface area contributed by atoms with Crippen LogP contribution in [0.25, 0.3) is 0 Å². The number of carbonyl (C=O) groups is 1. The third kappa shape index (κ3) is 3.53. The van der Waals surface area contributed by atoms with Crippen LogP contribution in [-0.4, -0.2) is 24.5 Å². The standard InChI is InChI=1S/C11H9IN2O4S2/c12-9-2-1-7(5-8(9)11(15)16)20(17,18)14-6-10-13-3-4-19-10/h1-5,14H,6H2,(H,15,16). The van der Waals surface area contributed by atoms with Crippen LogP contribution in [0.5, 0.6) is 0 Å². The van der Waals surface area contributed by atoms with Crippen molar-refractivity contribution < 1.29 is 18.3 Å². The van der Waals surface area contributed by atoms with Crippen molar-refractivity contribution in [3.8, 4) is 0 Å². The van der Waals surface area contributed by atoms with Crippen molar-refractivity contribution in [1.82, 2.24) is 9.71 Å². The lowest BCUT2D eigenvalue weighted by Crippen LogP contribution is -2.23. The number of rotatable bonds is 5. The number of benzene rings is 1. The minimum atomic E-state index is -3.76. The molecule has 0 unspecified atom stereocenters. The van der Waals surface area contributed by atoms with Crippen LogP contribution in [0.4, 0.5) is 0 Å². The van der Waals surface area contributed by atoms with Crippen molar-refractivity contribution >= 4 is 49.9 Å². The van der Waals surface area contributed by atoms with E-state index in [4.69, 9.17) is 5.11 Å². The van der Waals surface area contributed by atoms with E-state index in [2.05, 4.69) is 9.71 Å². The van der Waals surface area contributed by atoms with Crippen molar-refractivity contribution in [2.75, 3.05) is 0 Å². The molecule has 2 aromatic rings. The molecule has 1 aromatic heterocycles. The summed E-state index contributed by atoms with van der Waals surface area (Å²) in [4.78, 5) is 14.9. The predicted molar refractivity (Wildman–Crippen MR) is 82.3 cm³/mol. The molecule has 0 aliphatic rings. The number of hydrogen-bond acceptors (Lipinski definition) is 5. The Morgan fingerprint density at radius 3 is 2.80 bits per heavy atom. The van der Waals surface area contributed by atoms with Gasteiger partial charge >= 0.3 is 5.97 Å². The number of nitrogens with one attached hydrogen (secondary N) is 1. The summed E-state index contributed by atoms with van der Waals surface area (Å²) in [5, 5.41) is 11.4. The van der Waals surface area contributed by atoms with E-state index in [1.54, 1.807) is 11.6 Å². The van der Waals surface area contributed by atoms with Gasteiger partial charge < -0.3 is 5.11 Å². The summed E-state index contributed by atoms with van der Waals surface area (Å²) in [5.74, 6) is -1.16. The zero-order chi connectivity index (χ0) is 14.8. The van der Waals surface area contributed by atoms with Gasteiger partial charge in [0.15, 0.2) is 0 Å². The Morgan fingerprint density at radius 1 is 1.45 bits per heavy atom. The van der Waals surface area contributed by atoms with Gasteiger partial charge in [-0.15, -0.1) is 11.3 Å². The number of aromatic nitrogens is 1. The van der Waals surface area contributed by atoms with Crippen molar-refractivity contribution in [3.05, 3.63) is 43.9 Å². The number of hydrogen-bond donors (Lipinski definition) is 2. The number of carboxylic acids is 1. The van der Waals surface area contributed by atoms with Gasteiger partial charge in [0.05, 0.1) is 17.0 Å². The molecule has 9 heteroatoms. The van der Waals surface area contributed by atoms with E-state index in [0.29, 0.717) is 8.58 Å². The predicted octanol–water partition coefficient (Wildman–Crippen LogP) is 1.92. The van der Waals surface area contributed by atoms with Crippen LogP contribution in [0.15, 0.2) is 34.7 Å². The fourth-order valence-corrected chi connectivity index (χ4v) is 3.64. The monoisotopic (exact) mass is 424 g/mol. The smallest absolute Gasteiger partial charge is 0.336 e. The molecule has 1 heterocycles. The molecule has 1 aromatic carbocycles. The fraction of sp³-hybridized carbons (Fsp3) is 0.0909. The Bertz CT molecular complexity index is 729. The molecule has 6 nitrogen and oxygen atoms in total. The molecule has 0 aliphatic heterocycles. The molecule has 0 saturated heterocycles. The van der Waals surface area contributed by atoms with E-state index >= 15 is 0 Å².